The summed E-state index contributed by atoms with van der Waals surface area (Å²) in [6.45, 7) is 2.33. The molecule has 0 saturated heterocycles. The van der Waals surface area contributed by atoms with Crippen LogP contribution < -0.4 is 10.6 Å². The van der Waals surface area contributed by atoms with Crippen molar-refractivity contribution in [3.63, 3.8) is 0 Å². The van der Waals surface area contributed by atoms with E-state index in [1.807, 2.05) is 54.6 Å². The van der Waals surface area contributed by atoms with Crippen molar-refractivity contribution < 1.29 is 19.1 Å². The number of unbranched alkanes of at least 4 members (excludes halogenated alkanes) is 2. The fraction of sp³-hybridized carbons (Fsp3) is 0.345. The lowest BCUT2D eigenvalue weighted by Crippen LogP contribution is -2.26. The molecule has 0 fully saturated rings. The number of amides is 2. The lowest BCUT2D eigenvalue weighted by Gasteiger charge is -2.07. The van der Waals surface area contributed by atoms with Gasteiger partial charge in [0.05, 0.1) is 17.1 Å². The van der Waals surface area contributed by atoms with Gasteiger partial charge in [0.15, 0.2) is 0 Å². The van der Waals surface area contributed by atoms with Gasteiger partial charge in [-0.15, -0.1) is 0 Å². The molecule has 1 aromatic heterocycles. The van der Waals surface area contributed by atoms with Crippen LogP contribution in [0.3, 0.4) is 0 Å². The van der Waals surface area contributed by atoms with E-state index in [0.717, 1.165) is 35.7 Å². The first-order valence-corrected chi connectivity index (χ1v) is 14.1. The molecule has 2 amide bonds. The lowest BCUT2D eigenvalue weighted by atomic mass is 10.2. The Labute approximate surface area is 233 Å². The van der Waals surface area contributed by atoms with E-state index in [9.17, 15) is 14.4 Å². The summed E-state index contributed by atoms with van der Waals surface area (Å²) in [6, 6.07) is 19.2. The Morgan fingerprint density at radius 3 is 2.38 bits per heavy atom. The van der Waals surface area contributed by atoms with Crippen molar-refractivity contribution in [3.05, 3.63) is 78.1 Å². The fourth-order valence-electron chi connectivity index (χ4n) is 3.67. The normalized spacial score (nSPS) is 10.9. The molecule has 2 N–H and O–H groups in total. The number of anilines is 1. The summed E-state index contributed by atoms with van der Waals surface area (Å²) in [5.41, 5.74) is 3.86. The number of hydrogen-bond acceptors (Lipinski definition) is 7. The highest BCUT2D eigenvalue weighted by Crippen LogP contribution is 2.20. The van der Waals surface area contributed by atoms with Crippen LogP contribution in [0.5, 0.6) is 0 Å². The van der Waals surface area contributed by atoms with Crippen LogP contribution in [0.1, 0.15) is 48.7 Å². The zero-order chi connectivity index (χ0) is 27.9. The van der Waals surface area contributed by atoms with Crippen LogP contribution in [-0.2, 0) is 27.1 Å². The molecule has 206 valence electrons. The second-order valence-electron chi connectivity index (χ2n) is 8.95. The van der Waals surface area contributed by atoms with E-state index < -0.39 is 0 Å². The highest BCUT2D eigenvalue weighted by atomic mass is 32.2. The summed E-state index contributed by atoms with van der Waals surface area (Å²) in [7, 11) is 1.75. The summed E-state index contributed by atoms with van der Waals surface area (Å²) in [6.07, 6.45) is 4.36. The Balaban J connectivity index is 1.20. The number of carbonyl (C=O) groups excluding carboxylic acids is 3. The van der Waals surface area contributed by atoms with Gasteiger partial charge in [-0.25, -0.2) is 0 Å². The molecule has 0 unspecified atom stereocenters. The average molecular weight is 550 g/mol. The van der Waals surface area contributed by atoms with Crippen molar-refractivity contribution in [1.29, 1.82) is 0 Å². The molecule has 10 heteroatoms. The van der Waals surface area contributed by atoms with Crippen molar-refractivity contribution in [2.45, 2.75) is 38.4 Å². The van der Waals surface area contributed by atoms with Crippen molar-refractivity contribution in [2.75, 3.05) is 24.2 Å². The van der Waals surface area contributed by atoms with Crippen LogP contribution in [0, 0.1) is 0 Å². The number of nitrogens with one attached hydrogen (secondary N) is 2. The average Bonchev–Trinajstić information content (AvgIpc) is 3.29. The minimum absolute atomic E-state index is 0.185. The van der Waals surface area contributed by atoms with Gasteiger partial charge in [0.1, 0.15) is 12.3 Å². The Bertz CT molecular complexity index is 1240. The van der Waals surface area contributed by atoms with E-state index in [-0.39, 0.29) is 17.8 Å². The second kappa shape index (κ2) is 16.1. The topological polar surface area (TPSA) is 114 Å². The largest absolute Gasteiger partial charge is 0.465 e. The van der Waals surface area contributed by atoms with Crippen molar-refractivity contribution in [3.8, 4) is 0 Å². The monoisotopic (exact) mass is 549 g/mol. The first-order valence-electron chi connectivity index (χ1n) is 12.9. The van der Waals surface area contributed by atoms with Gasteiger partial charge in [0.25, 0.3) is 5.91 Å². The van der Waals surface area contributed by atoms with Gasteiger partial charge in [-0.3, -0.25) is 14.4 Å². The third-order valence-corrected chi connectivity index (χ3v) is 6.63. The van der Waals surface area contributed by atoms with Gasteiger partial charge in [-0.05, 0) is 48.7 Å². The molecule has 0 bridgehead atoms. The zero-order valence-electron chi connectivity index (χ0n) is 22.4. The number of aryl methyl sites for hydroxylation is 1. The second-order valence-corrected chi connectivity index (χ2v) is 10.1. The lowest BCUT2D eigenvalue weighted by molar-refractivity contribution is -0.143. The first-order chi connectivity index (χ1) is 18.9. The minimum atomic E-state index is -0.199. The number of carbonyl (C=O) groups is 3. The summed E-state index contributed by atoms with van der Waals surface area (Å²) in [4.78, 5) is 35.5. The molecular formula is C29H35N5O4S. The predicted molar refractivity (Wildman–Crippen MR) is 155 cm³/mol. The maximum atomic E-state index is 12.3. The first kappa shape index (κ1) is 29.6. The maximum absolute atomic E-state index is 12.3. The molecule has 0 spiro atoms. The summed E-state index contributed by atoms with van der Waals surface area (Å²) in [5, 5.41) is 14.0. The third-order valence-electron chi connectivity index (χ3n) is 5.63. The number of ether oxygens (including phenoxy) is 1. The van der Waals surface area contributed by atoms with Crippen LogP contribution in [-0.4, -0.2) is 41.3 Å². The molecule has 3 aromatic rings. The van der Waals surface area contributed by atoms with Gasteiger partial charge >= 0.3 is 5.97 Å². The van der Waals surface area contributed by atoms with Gasteiger partial charge < -0.3 is 19.9 Å². The summed E-state index contributed by atoms with van der Waals surface area (Å²) < 4.78 is 7.00. The number of rotatable bonds is 15. The molecule has 2 aromatic carbocycles. The predicted octanol–water partition coefficient (Wildman–Crippen LogP) is 6.17. The molecule has 0 aliphatic carbocycles. The number of esters is 1. The van der Waals surface area contributed by atoms with Crippen LogP contribution in [0.2, 0.25) is 0 Å². The molecule has 0 atom stereocenters. The van der Waals surface area contributed by atoms with Crippen molar-refractivity contribution in [2.24, 2.45) is 17.3 Å². The van der Waals surface area contributed by atoms with Gasteiger partial charge in [0, 0.05) is 44.6 Å². The smallest absolute Gasteiger partial charge is 0.305 e. The van der Waals surface area contributed by atoms with Crippen LogP contribution in [0.15, 0.2) is 77.1 Å². The molecule has 0 aliphatic rings. The van der Waals surface area contributed by atoms with Crippen LogP contribution in [0.25, 0.3) is 0 Å². The third kappa shape index (κ3) is 11.2. The molecule has 0 aliphatic heterocycles. The highest BCUT2D eigenvalue weighted by molar-refractivity contribution is 7.98. The number of azo groups is 1. The fourth-order valence-corrected chi connectivity index (χ4v) is 4.44. The Kier molecular flexibility index (Phi) is 12.3. The quantitative estimate of drug-likeness (QED) is 0.134. The SMILES string of the molecule is CC(=O)Nc1cc(C(=O)NCCCCCC(=O)OCCSCc2ccc(N=Nc3ccccc3)cc2)n(C)c1. The van der Waals surface area contributed by atoms with Crippen LogP contribution in [0.4, 0.5) is 17.1 Å². The Hall–Kier alpha value is -3.92. The summed E-state index contributed by atoms with van der Waals surface area (Å²) in [5.74, 6) is 0.986. The molecule has 1 heterocycles. The Morgan fingerprint density at radius 1 is 0.949 bits per heavy atom. The standard InChI is InChI=1S/C29H35N5O4S/c1-22(35)31-26-19-27(34(2)20-26)29(37)30-16-8-4-7-11-28(36)38-17-18-39-21-23-12-14-25(15-13-23)33-32-24-9-5-3-6-10-24/h3,5-6,9-10,12-15,19-20H,4,7-8,11,16-18,21H2,1-2H3,(H,30,37)(H,31,35). The zero-order valence-corrected chi connectivity index (χ0v) is 23.2. The maximum Gasteiger partial charge on any atom is 0.305 e. The number of hydrogen-bond donors (Lipinski definition) is 2. The van der Waals surface area contributed by atoms with E-state index in [1.54, 1.807) is 35.6 Å². The van der Waals surface area contributed by atoms with Crippen molar-refractivity contribution in [1.82, 2.24) is 9.88 Å². The van der Waals surface area contributed by atoms with Crippen LogP contribution >= 0.6 is 11.8 Å². The van der Waals surface area contributed by atoms with Gasteiger partial charge in [0.2, 0.25) is 5.91 Å². The van der Waals surface area contributed by atoms with E-state index >= 15 is 0 Å². The molecular weight excluding hydrogens is 514 g/mol. The number of aromatic nitrogens is 1. The van der Waals surface area contributed by atoms with E-state index in [2.05, 4.69) is 20.9 Å². The molecule has 3 rings (SSSR count). The van der Waals surface area contributed by atoms with Gasteiger partial charge in [-0.2, -0.15) is 22.0 Å². The molecule has 39 heavy (non-hydrogen) atoms. The number of benzene rings is 2. The van der Waals surface area contributed by atoms with Crippen molar-refractivity contribution >= 4 is 46.6 Å². The minimum Gasteiger partial charge on any atom is -0.465 e. The molecule has 0 saturated carbocycles. The molecule has 9 nitrogen and oxygen atoms in total. The van der Waals surface area contributed by atoms with Gasteiger partial charge in [-0.1, -0.05) is 36.8 Å². The molecule has 0 radical (unpaired) electrons. The highest BCUT2D eigenvalue weighted by Gasteiger charge is 2.12. The van der Waals surface area contributed by atoms with E-state index in [1.165, 1.54) is 12.5 Å². The summed E-state index contributed by atoms with van der Waals surface area (Å²) >= 11 is 1.71. The number of thioether (sulfide) groups is 1. The van der Waals surface area contributed by atoms with E-state index in [4.69, 9.17) is 4.74 Å². The number of nitrogens with zero attached hydrogens (tertiary/aromatic N) is 3. The van der Waals surface area contributed by atoms with E-state index in [0.29, 0.717) is 37.4 Å². The Morgan fingerprint density at radius 2 is 1.67 bits per heavy atom.